The molecule has 0 saturated heterocycles. The minimum atomic E-state index is 0.852. The second-order valence-corrected chi connectivity index (χ2v) is 5.56. The zero-order chi connectivity index (χ0) is 14.2. The van der Waals surface area contributed by atoms with Gasteiger partial charge in [0, 0.05) is 5.39 Å². The molecule has 2 aromatic rings. The molecule has 0 fully saturated rings. The van der Waals surface area contributed by atoms with Gasteiger partial charge in [-0.15, -0.1) is 5.11 Å². The predicted octanol–water partition coefficient (Wildman–Crippen LogP) is 4.20. The summed E-state index contributed by atoms with van der Waals surface area (Å²) in [5.41, 5.74) is 2.88. The van der Waals surface area contributed by atoms with Crippen molar-refractivity contribution >= 4 is 33.7 Å². The topological polar surface area (TPSA) is 42.7 Å². The Kier molecular flexibility index (Phi) is 2.79. The van der Waals surface area contributed by atoms with Crippen molar-refractivity contribution < 1.29 is 4.68 Å². The first-order chi connectivity index (χ1) is 10.3. The second kappa shape index (κ2) is 4.79. The Morgan fingerprint density at radius 2 is 1.62 bits per heavy atom. The van der Waals surface area contributed by atoms with E-state index in [1.165, 1.54) is 16.9 Å². The Morgan fingerprint density at radius 3 is 2.43 bits per heavy atom. The highest BCUT2D eigenvalue weighted by molar-refractivity contribution is 7.10. The van der Waals surface area contributed by atoms with E-state index < -0.39 is 0 Å². The van der Waals surface area contributed by atoms with Gasteiger partial charge in [-0.3, -0.25) is 4.68 Å². The van der Waals surface area contributed by atoms with E-state index in [0.717, 1.165) is 27.3 Å². The maximum absolute atomic E-state index is 4.49. The SMILES string of the molecule is C[n+]1[n-]sc2c(N=Nc3ccccc3)c3ccccc3c1-2. The smallest absolute Gasteiger partial charge is 0.222 e. The van der Waals surface area contributed by atoms with E-state index in [4.69, 9.17) is 0 Å². The van der Waals surface area contributed by atoms with E-state index in [-0.39, 0.29) is 0 Å². The largest absolute Gasteiger partial charge is 0.362 e. The first-order valence-electron chi connectivity index (χ1n) is 6.64. The van der Waals surface area contributed by atoms with Crippen LogP contribution < -0.4 is 9.17 Å². The third kappa shape index (κ3) is 1.94. The van der Waals surface area contributed by atoms with Crippen molar-refractivity contribution in [1.29, 1.82) is 0 Å². The van der Waals surface area contributed by atoms with Crippen LogP contribution in [0.15, 0.2) is 64.8 Å². The molecule has 102 valence electrons. The fourth-order valence-corrected chi connectivity index (χ4v) is 3.36. The lowest BCUT2D eigenvalue weighted by molar-refractivity contribution is -0.715. The number of nitrogens with zero attached hydrogens (tertiary/aromatic N) is 4. The van der Waals surface area contributed by atoms with Crippen LogP contribution in [0.2, 0.25) is 0 Å². The number of hydrogen-bond donors (Lipinski definition) is 0. The maximum atomic E-state index is 4.49. The molecule has 0 saturated carbocycles. The van der Waals surface area contributed by atoms with E-state index in [0.29, 0.717) is 0 Å². The Labute approximate surface area is 125 Å². The maximum Gasteiger partial charge on any atom is 0.222 e. The minimum absolute atomic E-state index is 0.852. The van der Waals surface area contributed by atoms with Crippen LogP contribution in [0.4, 0.5) is 11.4 Å². The van der Waals surface area contributed by atoms with Crippen molar-refractivity contribution in [3.05, 3.63) is 54.6 Å². The van der Waals surface area contributed by atoms with Crippen LogP contribution in [0.1, 0.15) is 0 Å². The summed E-state index contributed by atoms with van der Waals surface area (Å²) in [6, 6.07) is 18.0. The molecule has 0 bridgehead atoms. The molecule has 0 N–H and O–H groups in total. The van der Waals surface area contributed by atoms with Crippen LogP contribution in [-0.4, -0.2) is 0 Å². The highest BCUT2D eigenvalue weighted by Crippen LogP contribution is 2.44. The molecule has 2 aliphatic rings. The molecular formula is C16H12N4S. The number of hydrogen-bond acceptors (Lipinski definition) is 3. The van der Waals surface area contributed by atoms with Crippen molar-refractivity contribution in [1.82, 2.24) is 4.49 Å². The van der Waals surface area contributed by atoms with Gasteiger partial charge in [-0.1, -0.05) is 36.4 Å². The molecule has 4 rings (SSSR count). The summed E-state index contributed by atoms with van der Waals surface area (Å²) >= 11 is 1.46. The van der Waals surface area contributed by atoms with E-state index in [1.807, 2.05) is 54.2 Å². The monoisotopic (exact) mass is 292 g/mol. The molecule has 0 unspecified atom stereocenters. The van der Waals surface area contributed by atoms with Crippen LogP contribution in [0.25, 0.3) is 21.3 Å². The summed E-state index contributed by atoms with van der Waals surface area (Å²) < 4.78 is 6.28. The van der Waals surface area contributed by atoms with E-state index in [2.05, 4.69) is 26.8 Å². The van der Waals surface area contributed by atoms with Crippen molar-refractivity contribution in [3.63, 3.8) is 0 Å². The quantitative estimate of drug-likeness (QED) is 0.403. The normalized spacial score (nSPS) is 11.9. The summed E-state index contributed by atoms with van der Waals surface area (Å²) in [7, 11) is 1.96. The lowest BCUT2D eigenvalue weighted by atomic mass is 10.2. The highest BCUT2D eigenvalue weighted by atomic mass is 32.1. The average Bonchev–Trinajstić information content (AvgIpc) is 3.05. The lowest BCUT2D eigenvalue weighted by Gasteiger charge is -1.93. The minimum Gasteiger partial charge on any atom is -0.362 e. The lowest BCUT2D eigenvalue weighted by Crippen LogP contribution is -2.32. The first kappa shape index (κ1) is 12.2. The van der Waals surface area contributed by atoms with Gasteiger partial charge in [-0.2, -0.15) is 5.11 Å². The number of aromatic nitrogens is 2. The van der Waals surface area contributed by atoms with Gasteiger partial charge in [0.25, 0.3) is 0 Å². The second-order valence-electron chi connectivity index (χ2n) is 4.80. The van der Waals surface area contributed by atoms with E-state index in [1.54, 1.807) is 0 Å². The van der Waals surface area contributed by atoms with Crippen molar-refractivity contribution in [3.8, 4) is 10.6 Å². The predicted molar refractivity (Wildman–Crippen MR) is 83.6 cm³/mol. The fraction of sp³-hybridized carbons (Fsp3) is 0.0625. The average molecular weight is 292 g/mol. The molecule has 21 heavy (non-hydrogen) atoms. The van der Waals surface area contributed by atoms with Gasteiger partial charge in [0.1, 0.15) is 17.6 Å². The number of azo groups is 1. The molecule has 4 nitrogen and oxygen atoms in total. The third-order valence-electron chi connectivity index (χ3n) is 3.47. The van der Waals surface area contributed by atoms with Gasteiger partial charge in [0.2, 0.25) is 5.69 Å². The van der Waals surface area contributed by atoms with Crippen molar-refractivity contribution in [2.75, 3.05) is 0 Å². The molecule has 1 heterocycles. The number of benzene rings is 2. The first-order valence-corrected chi connectivity index (χ1v) is 7.42. The Bertz CT molecular complexity index is 905. The van der Waals surface area contributed by atoms with Crippen LogP contribution in [-0.2, 0) is 7.05 Å². The van der Waals surface area contributed by atoms with E-state index in [9.17, 15) is 0 Å². The molecule has 0 spiro atoms. The summed E-state index contributed by atoms with van der Waals surface area (Å²) in [4.78, 5) is 1.08. The van der Waals surface area contributed by atoms with Gasteiger partial charge in [-0.05, 0) is 18.2 Å². The van der Waals surface area contributed by atoms with Crippen LogP contribution in [0.3, 0.4) is 0 Å². The van der Waals surface area contributed by atoms with E-state index >= 15 is 0 Å². The van der Waals surface area contributed by atoms with Crippen molar-refractivity contribution in [2.24, 2.45) is 17.3 Å². The molecule has 1 aliphatic carbocycles. The van der Waals surface area contributed by atoms with Crippen molar-refractivity contribution in [2.45, 2.75) is 0 Å². The third-order valence-corrected chi connectivity index (χ3v) is 4.36. The molecule has 5 heteroatoms. The standard InChI is InChI=1S/C16H12N4S/c1-20-15-13-10-6-5-9-12(13)14(16(15)21-19-20)18-17-11-7-3-2-4-8-11/h2-10H,1H3. The Hall–Kier alpha value is -2.53. The molecule has 0 amide bonds. The molecule has 0 aromatic heterocycles. The molecule has 0 radical (unpaired) electrons. The summed E-state index contributed by atoms with van der Waals surface area (Å²) in [5.74, 6) is 0. The zero-order valence-corrected chi connectivity index (χ0v) is 12.2. The molecular weight excluding hydrogens is 280 g/mol. The van der Waals surface area contributed by atoms with Gasteiger partial charge < -0.3 is 4.49 Å². The zero-order valence-electron chi connectivity index (χ0n) is 11.4. The molecule has 1 aliphatic heterocycles. The van der Waals surface area contributed by atoms with Gasteiger partial charge >= 0.3 is 0 Å². The highest BCUT2D eigenvalue weighted by Gasteiger charge is 2.24. The van der Waals surface area contributed by atoms with Crippen LogP contribution in [0, 0.1) is 0 Å². The van der Waals surface area contributed by atoms with Gasteiger partial charge in [0.05, 0.1) is 11.1 Å². The summed E-state index contributed by atoms with van der Waals surface area (Å²) in [6.45, 7) is 0. The Balaban J connectivity index is 1.92. The Morgan fingerprint density at radius 1 is 0.905 bits per heavy atom. The van der Waals surface area contributed by atoms with Gasteiger partial charge in [0.15, 0.2) is 0 Å². The number of aryl methyl sites for hydroxylation is 1. The molecule has 0 atom stereocenters. The van der Waals surface area contributed by atoms with Crippen LogP contribution >= 0.6 is 11.5 Å². The van der Waals surface area contributed by atoms with Gasteiger partial charge in [-0.25, -0.2) is 11.5 Å². The number of fused-ring (bicyclic) bond motifs is 3. The fourth-order valence-electron chi connectivity index (χ4n) is 2.51. The van der Waals surface area contributed by atoms with Crippen LogP contribution in [0.5, 0.6) is 0 Å². The number of rotatable bonds is 2. The summed E-state index contributed by atoms with van der Waals surface area (Å²) in [6.07, 6.45) is 0. The summed E-state index contributed by atoms with van der Waals surface area (Å²) in [5, 5.41) is 11.1. The molecule has 2 aromatic carbocycles.